The van der Waals surface area contributed by atoms with Crippen molar-refractivity contribution in [2.24, 2.45) is 5.92 Å². The maximum Gasteiger partial charge on any atom is 0.321 e. The molecule has 0 saturated heterocycles. The van der Waals surface area contributed by atoms with Crippen LogP contribution in [-0.4, -0.2) is 45.8 Å². The zero-order valence-electron chi connectivity index (χ0n) is 17.8. The van der Waals surface area contributed by atoms with Crippen LogP contribution in [0.3, 0.4) is 0 Å². The lowest BCUT2D eigenvalue weighted by Crippen LogP contribution is -2.41. The van der Waals surface area contributed by atoms with Gasteiger partial charge in [0.2, 0.25) is 5.91 Å². The van der Waals surface area contributed by atoms with E-state index in [2.05, 4.69) is 15.6 Å². The molecule has 0 unspecified atom stereocenters. The highest BCUT2D eigenvalue weighted by atomic mass is 32.2. The number of non-ortho nitro benzene ring substituents is 1. The second kappa shape index (κ2) is 10.1. The summed E-state index contributed by atoms with van der Waals surface area (Å²) in [5.41, 5.74) is 1.61. The molecule has 3 amide bonds. The molecule has 1 aromatic heterocycles. The molecular weight excluding hydrogens is 434 g/mol. The summed E-state index contributed by atoms with van der Waals surface area (Å²) in [6.07, 6.45) is 0. The molecule has 0 aliphatic heterocycles. The summed E-state index contributed by atoms with van der Waals surface area (Å²) >= 11 is 1.11. The quantitative estimate of drug-likeness (QED) is 0.301. The smallest absolute Gasteiger partial charge is 0.321 e. The number of hydrogen-bond acceptors (Lipinski definition) is 7. The number of carbonyl (C=O) groups is 2. The summed E-state index contributed by atoms with van der Waals surface area (Å²) in [6.45, 7) is 4.35. The van der Waals surface area contributed by atoms with E-state index in [1.165, 1.54) is 12.1 Å². The van der Waals surface area contributed by atoms with Crippen LogP contribution in [-0.2, 0) is 4.79 Å². The SMILES string of the molecule is COc1ccccc1-n1c(SCC(=O)NC(=O)NCC(C)C)nc2cc([N+](=O)[O-])ccc21. The van der Waals surface area contributed by atoms with E-state index in [4.69, 9.17) is 4.74 Å². The summed E-state index contributed by atoms with van der Waals surface area (Å²) in [7, 11) is 1.54. The summed E-state index contributed by atoms with van der Waals surface area (Å²) in [4.78, 5) is 39.3. The van der Waals surface area contributed by atoms with E-state index < -0.39 is 16.9 Å². The van der Waals surface area contributed by atoms with Crippen LogP contribution in [0.1, 0.15) is 13.8 Å². The van der Waals surface area contributed by atoms with Gasteiger partial charge < -0.3 is 10.1 Å². The minimum Gasteiger partial charge on any atom is -0.495 e. The average molecular weight is 458 g/mol. The Morgan fingerprint density at radius 3 is 2.69 bits per heavy atom. The predicted octanol–water partition coefficient (Wildman–Crippen LogP) is 3.52. The number of urea groups is 1. The summed E-state index contributed by atoms with van der Waals surface area (Å²) in [5, 5.41) is 16.5. The third kappa shape index (κ3) is 5.35. The van der Waals surface area contributed by atoms with Gasteiger partial charge in [0, 0.05) is 18.7 Å². The van der Waals surface area contributed by atoms with Gasteiger partial charge in [-0.25, -0.2) is 9.78 Å². The molecule has 11 heteroatoms. The van der Waals surface area contributed by atoms with Crippen molar-refractivity contribution in [2.45, 2.75) is 19.0 Å². The molecule has 0 fully saturated rings. The van der Waals surface area contributed by atoms with Crippen molar-refractivity contribution in [2.75, 3.05) is 19.4 Å². The second-order valence-corrected chi connectivity index (χ2v) is 8.21. The lowest BCUT2D eigenvalue weighted by Gasteiger charge is -2.13. The number of fused-ring (bicyclic) bond motifs is 1. The number of methoxy groups -OCH3 is 1. The van der Waals surface area contributed by atoms with Crippen LogP contribution in [0.2, 0.25) is 0 Å². The number of imidazole rings is 1. The molecule has 10 nitrogen and oxygen atoms in total. The Morgan fingerprint density at radius 1 is 1.25 bits per heavy atom. The first-order valence-corrected chi connectivity index (χ1v) is 10.8. The van der Waals surface area contributed by atoms with E-state index >= 15 is 0 Å². The number of hydrogen-bond donors (Lipinski definition) is 2. The van der Waals surface area contributed by atoms with Gasteiger partial charge in [-0.05, 0) is 24.1 Å². The Morgan fingerprint density at radius 2 is 2.00 bits per heavy atom. The fraction of sp³-hybridized carbons (Fsp3) is 0.286. The molecule has 0 radical (unpaired) electrons. The van der Waals surface area contributed by atoms with E-state index in [1.54, 1.807) is 23.8 Å². The first-order valence-electron chi connectivity index (χ1n) is 9.81. The van der Waals surface area contributed by atoms with Gasteiger partial charge in [-0.3, -0.25) is 24.8 Å². The first-order chi connectivity index (χ1) is 15.3. The Bertz CT molecular complexity index is 1160. The van der Waals surface area contributed by atoms with Gasteiger partial charge in [0.15, 0.2) is 5.16 Å². The van der Waals surface area contributed by atoms with Crippen LogP contribution in [0.25, 0.3) is 16.7 Å². The fourth-order valence-corrected chi connectivity index (χ4v) is 3.76. The molecular formula is C21H23N5O5S. The molecule has 168 valence electrons. The van der Waals surface area contributed by atoms with Gasteiger partial charge in [0.1, 0.15) is 5.75 Å². The highest BCUT2D eigenvalue weighted by molar-refractivity contribution is 7.99. The lowest BCUT2D eigenvalue weighted by molar-refractivity contribution is -0.384. The third-order valence-electron chi connectivity index (χ3n) is 4.40. The predicted molar refractivity (Wildman–Crippen MR) is 121 cm³/mol. The molecule has 0 atom stereocenters. The minimum absolute atomic E-state index is 0.0737. The molecule has 0 spiro atoms. The van der Waals surface area contributed by atoms with Crippen molar-refractivity contribution < 1.29 is 19.2 Å². The van der Waals surface area contributed by atoms with Crippen LogP contribution in [0.15, 0.2) is 47.6 Å². The Balaban J connectivity index is 1.90. The number of imide groups is 1. The Labute approximate surface area is 188 Å². The van der Waals surface area contributed by atoms with Gasteiger partial charge in [-0.2, -0.15) is 0 Å². The number of carbonyl (C=O) groups excluding carboxylic acids is 2. The number of nitro benzene ring substituents is 1. The number of amides is 3. The van der Waals surface area contributed by atoms with Crippen LogP contribution in [0.4, 0.5) is 10.5 Å². The minimum atomic E-state index is -0.557. The van der Waals surface area contributed by atoms with Gasteiger partial charge >= 0.3 is 6.03 Å². The van der Waals surface area contributed by atoms with Crippen molar-refractivity contribution in [3.05, 3.63) is 52.6 Å². The van der Waals surface area contributed by atoms with Crippen molar-refractivity contribution in [3.8, 4) is 11.4 Å². The number of benzene rings is 2. The second-order valence-electron chi connectivity index (χ2n) is 7.27. The van der Waals surface area contributed by atoms with Crippen molar-refractivity contribution in [3.63, 3.8) is 0 Å². The van der Waals surface area contributed by atoms with Crippen molar-refractivity contribution in [1.82, 2.24) is 20.2 Å². The van der Waals surface area contributed by atoms with Crippen LogP contribution in [0, 0.1) is 16.0 Å². The van der Waals surface area contributed by atoms with E-state index in [-0.39, 0.29) is 17.4 Å². The zero-order valence-corrected chi connectivity index (χ0v) is 18.6. The number of aromatic nitrogens is 2. The first kappa shape index (κ1) is 23.1. The normalized spacial score (nSPS) is 10.9. The fourth-order valence-electron chi connectivity index (χ4n) is 2.94. The Hall–Kier alpha value is -3.60. The molecule has 2 N–H and O–H groups in total. The Kier molecular flexibility index (Phi) is 7.31. The van der Waals surface area contributed by atoms with E-state index in [0.29, 0.717) is 34.2 Å². The lowest BCUT2D eigenvalue weighted by atomic mass is 10.2. The molecule has 3 rings (SSSR count). The summed E-state index contributed by atoms with van der Waals surface area (Å²) in [5.74, 6) is 0.274. The number of nitrogens with one attached hydrogen (secondary N) is 2. The number of rotatable bonds is 8. The maximum absolute atomic E-state index is 12.3. The number of thioether (sulfide) groups is 1. The number of nitrogens with zero attached hydrogens (tertiary/aromatic N) is 3. The van der Waals surface area contributed by atoms with Gasteiger partial charge in [0.25, 0.3) is 5.69 Å². The van der Waals surface area contributed by atoms with Crippen LogP contribution >= 0.6 is 11.8 Å². The van der Waals surface area contributed by atoms with Gasteiger partial charge in [-0.15, -0.1) is 0 Å². The molecule has 0 saturated carbocycles. The number of nitro groups is 1. The van der Waals surface area contributed by atoms with E-state index in [0.717, 1.165) is 11.8 Å². The van der Waals surface area contributed by atoms with E-state index in [9.17, 15) is 19.7 Å². The monoisotopic (exact) mass is 457 g/mol. The zero-order chi connectivity index (χ0) is 23.3. The van der Waals surface area contributed by atoms with Gasteiger partial charge in [0.05, 0.1) is 34.5 Å². The highest BCUT2D eigenvalue weighted by Crippen LogP contribution is 2.33. The molecule has 2 aromatic carbocycles. The maximum atomic E-state index is 12.3. The van der Waals surface area contributed by atoms with Crippen LogP contribution < -0.4 is 15.4 Å². The molecule has 0 aliphatic rings. The molecule has 3 aromatic rings. The molecule has 32 heavy (non-hydrogen) atoms. The van der Waals surface area contributed by atoms with Gasteiger partial charge in [-0.1, -0.05) is 37.7 Å². The van der Waals surface area contributed by atoms with Crippen LogP contribution in [0.5, 0.6) is 5.75 Å². The third-order valence-corrected chi connectivity index (χ3v) is 5.34. The number of para-hydroxylation sites is 2. The standard InChI is InChI=1S/C21H23N5O5S/c1-13(2)11-22-20(28)24-19(27)12-32-21-23-15-10-14(26(29)30)8-9-16(15)25(21)17-6-4-5-7-18(17)31-3/h4-10,13H,11-12H2,1-3H3,(H2,22,24,27,28). The molecule has 0 aliphatic carbocycles. The van der Waals surface area contributed by atoms with Crippen molar-refractivity contribution in [1.29, 1.82) is 0 Å². The average Bonchev–Trinajstić information content (AvgIpc) is 3.13. The largest absolute Gasteiger partial charge is 0.495 e. The van der Waals surface area contributed by atoms with E-state index in [1.807, 2.05) is 32.0 Å². The topological polar surface area (TPSA) is 128 Å². The highest BCUT2D eigenvalue weighted by Gasteiger charge is 2.20. The molecule has 1 heterocycles. The number of ether oxygens (including phenoxy) is 1. The summed E-state index contributed by atoms with van der Waals surface area (Å²) < 4.78 is 7.23. The van der Waals surface area contributed by atoms with Crippen molar-refractivity contribution >= 4 is 40.4 Å². The molecule has 0 bridgehead atoms. The summed E-state index contributed by atoms with van der Waals surface area (Å²) in [6, 6.07) is 11.1.